The molecule has 1 unspecified atom stereocenters. The summed E-state index contributed by atoms with van der Waals surface area (Å²) in [5, 5.41) is 80.0. The van der Waals surface area contributed by atoms with Crippen LogP contribution >= 0.6 is 0 Å². The zero-order valence-electron chi connectivity index (χ0n) is 41.1. The Hall–Kier alpha value is -8.40. The van der Waals surface area contributed by atoms with E-state index in [1.54, 1.807) is 41.5 Å². The monoisotopic (exact) mass is 978 g/mol. The minimum absolute atomic E-state index is 0.00121. The Bertz CT molecular complexity index is 4110. The van der Waals surface area contributed by atoms with E-state index in [2.05, 4.69) is 0 Å². The van der Waals surface area contributed by atoms with E-state index >= 15 is 0 Å². The standard InChI is InChI=1S/C56H50O16/c1-17(2)33-41-25(12-29(57)53(33)69)49(65)37(21(8)45(41)61)39-23(10)47(63)43-28(52(39)68)15-32(60)56(35(43)19(5)6)72-16-20(7)36-44-27(14-31(59)55(36)71)51(67)40(24(11)48(44)64)38-22(9)46(62)42-26(50(38)66)13-30(58)54(70)34(42)18(3)4/h12-15,17-20,58,60,62-63,66,68,70H,16H2,1-11H3. The molecule has 1 atom stereocenters. The van der Waals surface area contributed by atoms with Crippen LogP contribution in [-0.2, 0) is 0 Å². The first kappa shape index (κ1) is 50.0. The highest BCUT2D eigenvalue weighted by atomic mass is 16.5. The van der Waals surface area contributed by atoms with Crippen molar-refractivity contribution < 1.29 is 40.5 Å². The van der Waals surface area contributed by atoms with Crippen molar-refractivity contribution in [2.24, 2.45) is 0 Å². The van der Waals surface area contributed by atoms with Gasteiger partial charge in [-0.3, -0.25) is 38.4 Å². The fourth-order valence-corrected chi connectivity index (χ4v) is 10.6. The minimum Gasteiger partial charge on any atom is -0.507 e. The molecule has 0 amide bonds. The van der Waals surface area contributed by atoms with Gasteiger partial charge in [0.2, 0.25) is 21.7 Å². The van der Waals surface area contributed by atoms with Gasteiger partial charge in [0.05, 0.1) is 6.61 Å². The average molecular weight is 979 g/mol. The highest BCUT2D eigenvalue weighted by molar-refractivity contribution is 6.07. The molecule has 4 aromatic carbocycles. The van der Waals surface area contributed by atoms with Crippen molar-refractivity contribution in [2.75, 3.05) is 6.61 Å². The number of hydrogen-bond donors (Lipinski definition) is 7. The largest absolute Gasteiger partial charge is 0.507 e. The number of phenolic OH excluding ortho intramolecular Hbond substituents is 7. The maximum atomic E-state index is 14.6. The lowest BCUT2D eigenvalue weighted by atomic mass is 9.82. The molecule has 4 aromatic rings. The number of fused-ring (bicyclic) bond motifs is 4. The Morgan fingerprint density at radius 1 is 0.389 bits per heavy atom. The molecule has 0 bridgehead atoms. The molecule has 16 nitrogen and oxygen atoms in total. The van der Waals surface area contributed by atoms with Gasteiger partial charge in [-0.05, 0) is 57.6 Å². The summed E-state index contributed by atoms with van der Waals surface area (Å²) in [6, 6.07) is 3.59. The van der Waals surface area contributed by atoms with Gasteiger partial charge < -0.3 is 40.5 Å². The molecule has 16 heteroatoms. The number of ether oxygens (including phenoxy) is 1. The Kier molecular flexibility index (Phi) is 11.9. The molecule has 0 aromatic heterocycles. The molecule has 0 heterocycles. The summed E-state index contributed by atoms with van der Waals surface area (Å²) in [5.74, 6) is -6.98. The van der Waals surface area contributed by atoms with Gasteiger partial charge in [-0.15, -0.1) is 0 Å². The maximum Gasteiger partial charge on any atom is 0.230 e. The second-order valence-corrected chi connectivity index (χ2v) is 19.6. The van der Waals surface area contributed by atoms with Crippen molar-refractivity contribution >= 4 is 21.5 Å². The van der Waals surface area contributed by atoms with Crippen LogP contribution in [0.3, 0.4) is 0 Å². The smallest absolute Gasteiger partial charge is 0.230 e. The van der Waals surface area contributed by atoms with E-state index < -0.39 is 125 Å². The maximum absolute atomic E-state index is 14.6. The molecule has 4 aliphatic carbocycles. The molecule has 7 N–H and O–H groups in total. The zero-order chi connectivity index (χ0) is 53.3. The SMILES string of the molecule is Cc1c(-c2c(C)c(=O)c3c(C(C)COc4c(O)cc5c(O)c(-c6c(C)c(=O)c7c(C(C)C)c(=O)c(=O)cc-7c6=O)c(C)c(O)c5c4C(C)C)c(=O)c(=O)cc-3c2=O)c(O)c2cc(O)c(O)c(C(C)C)c2c1O. The predicted molar refractivity (Wildman–Crippen MR) is 274 cm³/mol. The molecule has 370 valence electrons. The van der Waals surface area contributed by atoms with Crippen LogP contribution in [0.4, 0.5) is 0 Å². The van der Waals surface area contributed by atoms with E-state index in [4.69, 9.17) is 4.74 Å². The molecule has 0 spiro atoms. The third-order valence-electron chi connectivity index (χ3n) is 14.1. The topological polar surface area (TPSA) is 287 Å². The van der Waals surface area contributed by atoms with Crippen LogP contribution in [-0.4, -0.2) is 42.4 Å². The zero-order valence-corrected chi connectivity index (χ0v) is 41.1. The second-order valence-electron chi connectivity index (χ2n) is 19.6. The van der Waals surface area contributed by atoms with Gasteiger partial charge >= 0.3 is 0 Å². The van der Waals surface area contributed by atoms with Crippen LogP contribution in [0.15, 0.2) is 62.6 Å². The molecule has 72 heavy (non-hydrogen) atoms. The highest BCUT2D eigenvalue weighted by Crippen LogP contribution is 2.54. The van der Waals surface area contributed by atoms with Gasteiger partial charge in [-0.2, -0.15) is 0 Å². The minimum atomic E-state index is -1.16. The fraction of sp³-hybridized carbons (Fsp3) is 0.286. The lowest BCUT2D eigenvalue weighted by Gasteiger charge is -2.24. The van der Waals surface area contributed by atoms with Crippen molar-refractivity contribution in [1.29, 1.82) is 0 Å². The summed E-state index contributed by atoms with van der Waals surface area (Å²) in [7, 11) is 0. The van der Waals surface area contributed by atoms with Crippen LogP contribution in [0.5, 0.6) is 46.0 Å². The van der Waals surface area contributed by atoms with Gasteiger partial charge in [0, 0.05) is 129 Å². The van der Waals surface area contributed by atoms with Crippen LogP contribution in [0.1, 0.15) is 117 Å². The fourth-order valence-electron chi connectivity index (χ4n) is 10.6. The molecule has 8 rings (SSSR count). The summed E-state index contributed by atoms with van der Waals surface area (Å²) in [6.45, 7) is 16.2. The van der Waals surface area contributed by atoms with Crippen molar-refractivity contribution in [2.45, 2.75) is 99.8 Å². The normalized spacial score (nSPS) is 12.5. The van der Waals surface area contributed by atoms with Crippen LogP contribution in [0.25, 0.3) is 66.1 Å². The Morgan fingerprint density at radius 2 is 0.778 bits per heavy atom. The van der Waals surface area contributed by atoms with Gasteiger partial charge in [-0.1, -0.05) is 48.5 Å². The summed E-state index contributed by atoms with van der Waals surface area (Å²) >= 11 is 0. The number of hydrogen-bond acceptors (Lipinski definition) is 16. The highest BCUT2D eigenvalue weighted by Gasteiger charge is 2.35. The first-order valence-electron chi connectivity index (χ1n) is 23.1. The summed E-state index contributed by atoms with van der Waals surface area (Å²) in [4.78, 5) is 110. The van der Waals surface area contributed by atoms with Crippen molar-refractivity contribution in [3.05, 3.63) is 151 Å². The number of aromatic hydroxyl groups is 7. The lowest BCUT2D eigenvalue weighted by molar-refractivity contribution is 0.277. The molecule has 0 aliphatic heterocycles. The first-order valence-corrected chi connectivity index (χ1v) is 23.1. The third kappa shape index (κ3) is 6.94. The number of rotatable bonds is 9. The lowest BCUT2D eigenvalue weighted by Crippen LogP contribution is -2.36. The Labute approximate surface area is 408 Å². The Morgan fingerprint density at radius 3 is 1.21 bits per heavy atom. The summed E-state index contributed by atoms with van der Waals surface area (Å²) in [5.41, 5.74) is -11.1. The van der Waals surface area contributed by atoms with Gasteiger partial charge in [0.1, 0.15) is 23.0 Å². The van der Waals surface area contributed by atoms with Crippen LogP contribution < -0.4 is 48.2 Å². The first-order chi connectivity index (χ1) is 33.6. The molecule has 0 saturated heterocycles. The number of phenols is 7. The second kappa shape index (κ2) is 17.2. The summed E-state index contributed by atoms with van der Waals surface area (Å²) < 4.78 is 6.21. The molecule has 0 radical (unpaired) electrons. The van der Waals surface area contributed by atoms with E-state index in [-0.39, 0.29) is 105 Å². The molecule has 4 aliphatic rings. The van der Waals surface area contributed by atoms with E-state index in [0.29, 0.717) is 0 Å². The quantitative estimate of drug-likeness (QED) is 0.0440. The van der Waals surface area contributed by atoms with Crippen molar-refractivity contribution in [3.8, 4) is 90.5 Å². The van der Waals surface area contributed by atoms with Crippen molar-refractivity contribution in [3.63, 3.8) is 0 Å². The van der Waals surface area contributed by atoms with Crippen LogP contribution in [0.2, 0.25) is 0 Å². The van der Waals surface area contributed by atoms with Gasteiger partial charge in [-0.25, -0.2) is 0 Å². The van der Waals surface area contributed by atoms with Gasteiger partial charge in [0.25, 0.3) is 0 Å². The van der Waals surface area contributed by atoms with Crippen molar-refractivity contribution in [1.82, 2.24) is 0 Å². The van der Waals surface area contributed by atoms with E-state index in [9.17, 15) is 74.1 Å². The predicted octanol–water partition coefficient (Wildman–Crippen LogP) is 6.89. The number of benzene rings is 8. The van der Waals surface area contributed by atoms with Gasteiger partial charge in [0.15, 0.2) is 44.7 Å². The average Bonchev–Trinajstić information content (AvgIpc) is 3.31. The molecule has 0 saturated carbocycles. The Balaban J connectivity index is 1.28. The molecular weight excluding hydrogens is 929 g/mol. The van der Waals surface area contributed by atoms with E-state index in [1.165, 1.54) is 34.6 Å². The van der Waals surface area contributed by atoms with E-state index in [0.717, 1.165) is 24.3 Å². The van der Waals surface area contributed by atoms with Crippen LogP contribution in [0, 0.1) is 27.7 Å². The third-order valence-corrected chi connectivity index (χ3v) is 14.1. The molecular formula is C56H50O16. The summed E-state index contributed by atoms with van der Waals surface area (Å²) in [6.07, 6.45) is 0. The van der Waals surface area contributed by atoms with E-state index in [1.807, 2.05) is 0 Å². The molecule has 0 fully saturated rings.